The van der Waals surface area contributed by atoms with E-state index in [2.05, 4.69) is 15.6 Å². The van der Waals surface area contributed by atoms with E-state index in [1.807, 2.05) is 31.2 Å². The minimum absolute atomic E-state index is 0.0319. The molecule has 0 aliphatic heterocycles. The number of aromatic nitrogens is 1. The van der Waals surface area contributed by atoms with Crippen LogP contribution in [0.1, 0.15) is 39.7 Å². The largest absolute Gasteiger partial charge is 0.416 e. The van der Waals surface area contributed by atoms with Gasteiger partial charge >= 0.3 is 6.18 Å². The standard InChI is InChI=1S/C26H25ClF5N3O2/c1-2-15-4-3-5-16(6-15)13-33-14-23(36)21(9-17-7-19(28)12-20(29)8-17)35-25(37)22-10-18(26(30,31)32)11-24(27)34-22/h3-8,10-12,21,23,33,36H,2,9,13-14H2,1H3,(H,35,37). The molecule has 0 spiro atoms. The van der Waals surface area contributed by atoms with Crippen LogP contribution in [0.25, 0.3) is 0 Å². The third-order valence-corrected chi connectivity index (χ3v) is 5.79. The van der Waals surface area contributed by atoms with Gasteiger partial charge in [0.2, 0.25) is 0 Å². The summed E-state index contributed by atoms with van der Waals surface area (Å²) in [6.07, 6.45) is -5.40. The molecule has 1 amide bonds. The van der Waals surface area contributed by atoms with Crippen molar-refractivity contribution in [2.75, 3.05) is 6.54 Å². The Morgan fingerprint density at radius 2 is 1.70 bits per heavy atom. The number of pyridine rings is 1. The number of carbonyl (C=O) groups excluding carboxylic acids is 1. The third-order valence-electron chi connectivity index (χ3n) is 5.60. The minimum atomic E-state index is -4.77. The number of nitrogens with one attached hydrogen (secondary N) is 2. The van der Waals surface area contributed by atoms with E-state index in [9.17, 15) is 31.9 Å². The van der Waals surface area contributed by atoms with Crippen molar-refractivity contribution in [1.29, 1.82) is 0 Å². The second kappa shape index (κ2) is 12.4. The van der Waals surface area contributed by atoms with Gasteiger partial charge in [-0.25, -0.2) is 13.8 Å². The number of halogens is 6. The fraction of sp³-hybridized carbons (Fsp3) is 0.308. The molecule has 5 nitrogen and oxygen atoms in total. The fourth-order valence-electron chi connectivity index (χ4n) is 3.75. The number of aryl methyl sites for hydroxylation is 1. The topological polar surface area (TPSA) is 74.2 Å². The molecule has 0 fully saturated rings. The molecule has 1 aromatic heterocycles. The van der Waals surface area contributed by atoms with Crippen LogP contribution in [-0.2, 0) is 25.6 Å². The second-order valence-corrected chi connectivity index (χ2v) is 8.88. The summed E-state index contributed by atoms with van der Waals surface area (Å²) >= 11 is 5.68. The number of hydrogen-bond donors (Lipinski definition) is 3. The van der Waals surface area contributed by atoms with Crippen LogP contribution in [0.4, 0.5) is 22.0 Å². The summed E-state index contributed by atoms with van der Waals surface area (Å²) in [5.41, 5.74) is 0.435. The van der Waals surface area contributed by atoms with E-state index in [4.69, 9.17) is 11.6 Å². The third kappa shape index (κ3) is 8.48. The molecule has 2 unspecified atom stereocenters. The number of carbonyl (C=O) groups is 1. The molecule has 0 aliphatic carbocycles. The van der Waals surface area contributed by atoms with Gasteiger partial charge in [0.25, 0.3) is 5.91 Å². The van der Waals surface area contributed by atoms with Gasteiger partial charge in [0.15, 0.2) is 0 Å². The zero-order valence-electron chi connectivity index (χ0n) is 19.7. The molecule has 1 heterocycles. The van der Waals surface area contributed by atoms with Gasteiger partial charge < -0.3 is 15.7 Å². The molecule has 3 N–H and O–H groups in total. The molecule has 0 bridgehead atoms. The van der Waals surface area contributed by atoms with E-state index < -0.39 is 52.3 Å². The summed E-state index contributed by atoms with van der Waals surface area (Å²) in [6.45, 7) is 2.38. The van der Waals surface area contributed by atoms with Crippen LogP contribution in [0.2, 0.25) is 5.15 Å². The Balaban J connectivity index is 1.78. The molecule has 11 heteroatoms. The second-order valence-electron chi connectivity index (χ2n) is 8.50. The van der Waals surface area contributed by atoms with Crippen molar-refractivity contribution in [3.8, 4) is 0 Å². The van der Waals surface area contributed by atoms with Crippen molar-refractivity contribution in [3.05, 3.63) is 99.3 Å². The fourth-order valence-corrected chi connectivity index (χ4v) is 3.96. The summed E-state index contributed by atoms with van der Waals surface area (Å²) in [5.74, 6) is -2.74. The number of aliphatic hydroxyl groups excluding tert-OH is 1. The van der Waals surface area contributed by atoms with Gasteiger partial charge in [-0.3, -0.25) is 4.79 Å². The van der Waals surface area contributed by atoms with Gasteiger partial charge in [-0.2, -0.15) is 13.2 Å². The molecule has 2 atom stereocenters. The Bertz CT molecular complexity index is 1220. The Hall–Kier alpha value is -3.08. The first kappa shape index (κ1) is 28.5. The van der Waals surface area contributed by atoms with Crippen LogP contribution in [0.5, 0.6) is 0 Å². The molecule has 37 heavy (non-hydrogen) atoms. The molecule has 198 valence electrons. The first-order chi connectivity index (χ1) is 17.4. The van der Waals surface area contributed by atoms with Gasteiger partial charge in [0.1, 0.15) is 22.5 Å². The van der Waals surface area contributed by atoms with Crippen LogP contribution in [0.15, 0.2) is 54.6 Å². The summed E-state index contributed by atoms with van der Waals surface area (Å²) < 4.78 is 66.9. The van der Waals surface area contributed by atoms with Crippen LogP contribution in [0.3, 0.4) is 0 Å². The van der Waals surface area contributed by atoms with Gasteiger partial charge in [-0.05, 0) is 53.8 Å². The average molecular weight is 542 g/mol. The Morgan fingerprint density at radius 1 is 1.03 bits per heavy atom. The average Bonchev–Trinajstić information content (AvgIpc) is 2.82. The molecule has 2 aromatic carbocycles. The molecular weight excluding hydrogens is 517 g/mol. The number of nitrogens with zero attached hydrogens (tertiary/aromatic N) is 1. The number of alkyl halides is 3. The monoisotopic (exact) mass is 541 g/mol. The van der Waals surface area contributed by atoms with Gasteiger partial charge in [0, 0.05) is 19.2 Å². The number of hydrogen-bond acceptors (Lipinski definition) is 4. The van der Waals surface area contributed by atoms with Crippen molar-refractivity contribution in [1.82, 2.24) is 15.6 Å². The van der Waals surface area contributed by atoms with Gasteiger partial charge in [0.05, 0.1) is 17.7 Å². The van der Waals surface area contributed by atoms with Gasteiger partial charge in [-0.1, -0.05) is 42.8 Å². The number of aliphatic hydroxyl groups is 1. The van der Waals surface area contributed by atoms with Crippen LogP contribution < -0.4 is 10.6 Å². The predicted molar refractivity (Wildman–Crippen MR) is 129 cm³/mol. The highest BCUT2D eigenvalue weighted by molar-refractivity contribution is 6.29. The molecular formula is C26H25ClF5N3O2. The van der Waals surface area contributed by atoms with E-state index in [0.29, 0.717) is 24.7 Å². The zero-order chi connectivity index (χ0) is 27.2. The van der Waals surface area contributed by atoms with Crippen LogP contribution in [0, 0.1) is 11.6 Å². The smallest absolute Gasteiger partial charge is 0.390 e. The quantitative estimate of drug-likeness (QED) is 0.247. The highest BCUT2D eigenvalue weighted by Gasteiger charge is 2.33. The summed E-state index contributed by atoms with van der Waals surface area (Å²) in [6, 6.07) is 10.5. The van der Waals surface area contributed by atoms with Crippen molar-refractivity contribution < 1.29 is 31.9 Å². The van der Waals surface area contributed by atoms with Crippen LogP contribution >= 0.6 is 11.6 Å². The minimum Gasteiger partial charge on any atom is -0.390 e. The summed E-state index contributed by atoms with van der Waals surface area (Å²) in [4.78, 5) is 16.5. The summed E-state index contributed by atoms with van der Waals surface area (Å²) in [5, 5.41) is 15.8. The Labute approximate surface area is 215 Å². The lowest BCUT2D eigenvalue weighted by Crippen LogP contribution is -2.49. The summed E-state index contributed by atoms with van der Waals surface area (Å²) in [7, 11) is 0. The van der Waals surface area contributed by atoms with Crippen molar-refractivity contribution >= 4 is 17.5 Å². The lowest BCUT2D eigenvalue weighted by molar-refractivity contribution is -0.137. The number of benzene rings is 2. The van der Waals surface area contributed by atoms with Gasteiger partial charge in [-0.15, -0.1) is 0 Å². The molecule has 0 aliphatic rings. The van der Waals surface area contributed by atoms with Crippen LogP contribution in [-0.4, -0.2) is 34.7 Å². The maximum absolute atomic E-state index is 13.7. The first-order valence-corrected chi connectivity index (χ1v) is 11.8. The Morgan fingerprint density at radius 3 is 2.35 bits per heavy atom. The SMILES string of the molecule is CCc1cccc(CNCC(O)C(Cc2cc(F)cc(F)c2)NC(=O)c2cc(C(F)(F)F)cc(Cl)n2)c1. The van der Waals surface area contributed by atoms with E-state index in [-0.39, 0.29) is 18.5 Å². The first-order valence-electron chi connectivity index (χ1n) is 11.4. The lowest BCUT2D eigenvalue weighted by Gasteiger charge is -2.25. The van der Waals surface area contributed by atoms with E-state index in [0.717, 1.165) is 29.7 Å². The maximum atomic E-state index is 13.7. The molecule has 3 aromatic rings. The van der Waals surface area contributed by atoms with E-state index in [1.165, 1.54) is 0 Å². The van der Waals surface area contributed by atoms with E-state index in [1.54, 1.807) is 0 Å². The highest BCUT2D eigenvalue weighted by atomic mass is 35.5. The van der Waals surface area contributed by atoms with Crippen molar-refractivity contribution in [3.63, 3.8) is 0 Å². The molecule has 3 rings (SSSR count). The normalized spacial score (nSPS) is 13.3. The zero-order valence-corrected chi connectivity index (χ0v) is 20.5. The Kier molecular flexibility index (Phi) is 9.58. The maximum Gasteiger partial charge on any atom is 0.416 e. The molecule has 0 saturated heterocycles. The predicted octanol–water partition coefficient (Wildman–Crippen LogP) is 5.09. The molecule has 0 radical (unpaired) electrons. The lowest BCUT2D eigenvalue weighted by atomic mass is 10.00. The number of amides is 1. The molecule has 0 saturated carbocycles. The number of rotatable bonds is 10. The van der Waals surface area contributed by atoms with Crippen molar-refractivity contribution in [2.45, 2.75) is 44.6 Å². The van der Waals surface area contributed by atoms with Crippen molar-refractivity contribution in [2.24, 2.45) is 0 Å². The highest BCUT2D eigenvalue weighted by Crippen LogP contribution is 2.31. The van der Waals surface area contributed by atoms with E-state index >= 15 is 0 Å².